The third-order valence-electron chi connectivity index (χ3n) is 2.99. The van der Waals surface area contributed by atoms with Gasteiger partial charge in [0.1, 0.15) is 0 Å². The second-order valence-corrected chi connectivity index (χ2v) is 5.32. The molecular weight excluding hydrogens is 280 g/mol. The van der Waals surface area contributed by atoms with Gasteiger partial charge < -0.3 is 10.6 Å². The van der Waals surface area contributed by atoms with Gasteiger partial charge in [0.25, 0.3) is 0 Å². The first-order chi connectivity index (χ1) is 8.24. The highest BCUT2D eigenvalue weighted by Crippen LogP contribution is 2.11. The minimum Gasteiger partial charge on any atom is -0.356 e. The molecule has 1 aromatic rings. The third-order valence-corrected chi connectivity index (χ3v) is 3.52. The number of halogens is 1. The van der Waals surface area contributed by atoms with Gasteiger partial charge in [-0.1, -0.05) is 28.1 Å². The maximum atomic E-state index is 11.4. The summed E-state index contributed by atoms with van der Waals surface area (Å²) < 4.78 is 1.09. The van der Waals surface area contributed by atoms with Crippen LogP contribution in [0.3, 0.4) is 0 Å². The van der Waals surface area contributed by atoms with E-state index in [0.717, 1.165) is 30.4 Å². The molecule has 1 amide bonds. The van der Waals surface area contributed by atoms with E-state index in [1.807, 2.05) is 12.1 Å². The molecule has 17 heavy (non-hydrogen) atoms. The molecule has 0 radical (unpaired) electrons. The maximum Gasteiger partial charge on any atom is 0.221 e. The fraction of sp³-hybridized carbons (Fsp3) is 0.462. The number of rotatable bonds is 3. The van der Waals surface area contributed by atoms with Crippen molar-refractivity contribution in [2.75, 3.05) is 6.54 Å². The van der Waals surface area contributed by atoms with Crippen molar-refractivity contribution in [3.8, 4) is 0 Å². The summed E-state index contributed by atoms with van der Waals surface area (Å²) in [5.74, 6) is 0.163. The number of carbonyl (C=O) groups is 1. The van der Waals surface area contributed by atoms with Crippen LogP contribution in [0.4, 0.5) is 0 Å². The van der Waals surface area contributed by atoms with E-state index in [9.17, 15) is 4.79 Å². The molecule has 1 aliphatic rings. The summed E-state index contributed by atoms with van der Waals surface area (Å²) in [5, 5.41) is 6.35. The van der Waals surface area contributed by atoms with Crippen LogP contribution in [0.5, 0.6) is 0 Å². The van der Waals surface area contributed by atoms with Crippen molar-refractivity contribution in [1.82, 2.24) is 10.6 Å². The summed E-state index contributed by atoms with van der Waals surface area (Å²) in [6, 6.07) is 8.57. The Morgan fingerprint density at radius 1 is 1.35 bits per heavy atom. The molecule has 1 fully saturated rings. The molecule has 1 aromatic carbocycles. The molecule has 0 aromatic heterocycles. The van der Waals surface area contributed by atoms with E-state index in [-0.39, 0.29) is 5.91 Å². The molecule has 3 nitrogen and oxygen atoms in total. The van der Waals surface area contributed by atoms with Crippen LogP contribution in [0, 0.1) is 0 Å². The average molecular weight is 297 g/mol. The van der Waals surface area contributed by atoms with Crippen LogP contribution in [-0.4, -0.2) is 18.5 Å². The molecule has 1 atom stereocenters. The lowest BCUT2D eigenvalue weighted by molar-refractivity contribution is -0.121. The first-order valence-corrected chi connectivity index (χ1v) is 6.78. The SMILES string of the molecule is O=C1CC(NCc2ccc(Br)cc2)CCCN1. The Morgan fingerprint density at radius 2 is 2.12 bits per heavy atom. The van der Waals surface area contributed by atoms with E-state index in [1.54, 1.807) is 0 Å². The van der Waals surface area contributed by atoms with Crippen molar-refractivity contribution in [3.63, 3.8) is 0 Å². The number of benzene rings is 1. The second kappa shape index (κ2) is 6.17. The molecule has 2 rings (SSSR count). The topological polar surface area (TPSA) is 41.1 Å². The monoisotopic (exact) mass is 296 g/mol. The smallest absolute Gasteiger partial charge is 0.221 e. The number of nitrogens with one attached hydrogen (secondary N) is 2. The van der Waals surface area contributed by atoms with Crippen LogP contribution in [0.2, 0.25) is 0 Å². The maximum absolute atomic E-state index is 11.4. The van der Waals surface area contributed by atoms with Gasteiger partial charge in [0, 0.05) is 30.0 Å². The molecule has 0 aliphatic carbocycles. The van der Waals surface area contributed by atoms with E-state index >= 15 is 0 Å². The largest absolute Gasteiger partial charge is 0.356 e. The van der Waals surface area contributed by atoms with Gasteiger partial charge in [-0.2, -0.15) is 0 Å². The summed E-state index contributed by atoms with van der Waals surface area (Å²) in [6.07, 6.45) is 2.72. The first kappa shape index (κ1) is 12.6. The molecule has 4 heteroatoms. The molecule has 1 aliphatic heterocycles. The molecule has 2 N–H and O–H groups in total. The standard InChI is InChI=1S/C13H17BrN2O/c14-11-5-3-10(4-6-11)9-16-12-2-1-7-15-13(17)8-12/h3-6,12,16H,1-2,7-9H2,(H,15,17). The fourth-order valence-corrected chi connectivity index (χ4v) is 2.28. The van der Waals surface area contributed by atoms with E-state index < -0.39 is 0 Å². The van der Waals surface area contributed by atoms with Gasteiger partial charge in [-0.15, -0.1) is 0 Å². The van der Waals surface area contributed by atoms with Crippen LogP contribution in [0.1, 0.15) is 24.8 Å². The lowest BCUT2D eigenvalue weighted by Gasteiger charge is -2.15. The molecule has 0 saturated carbocycles. The first-order valence-electron chi connectivity index (χ1n) is 5.98. The molecule has 1 heterocycles. The highest BCUT2D eigenvalue weighted by atomic mass is 79.9. The molecule has 1 unspecified atom stereocenters. The van der Waals surface area contributed by atoms with Crippen LogP contribution in [0.25, 0.3) is 0 Å². The lowest BCUT2D eigenvalue weighted by Crippen LogP contribution is -2.32. The van der Waals surface area contributed by atoms with Gasteiger partial charge in [0.15, 0.2) is 0 Å². The van der Waals surface area contributed by atoms with Crippen LogP contribution in [0.15, 0.2) is 28.7 Å². The summed E-state index contributed by atoms with van der Waals surface area (Å²) in [4.78, 5) is 11.4. The number of carbonyl (C=O) groups excluding carboxylic acids is 1. The summed E-state index contributed by atoms with van der Waals surface area (Å²) in [6.45, 7) is 1.64. The van der Waals surface area contributed by atoms with E-state index in [4.69, 9.17) is 0 Å². The number of hydrogen-bond acceptors (Lipinski definition) is 2. The predicted molar refractivity (Wildman–Crippen MR) is 71.6 cm³/mol. The third kappa shape index (κ3) is 4.13. The van der Waals surface area contributed by atoms with Crippen molar-refractivity contribution in [3.05, 3.63) is 34.3 Å². The summed E-state index contributed by atoms with van der Waals surface area (Å²) in [7, 11) is 0. The van der Waals surface area contributed by atoms with Crippen LogP contribution in [-0.2, 0) is 11.3 Å². The van der Waals surface area contributed by atoms with Gasteiger partial charge in [-0.05, 0) is 30.5 Å². The Labute approximate surface area is 110 Å². The highest BCUT2D eigenvalue weighted by Gasteiger charge is 2.16. The van der Waals surface area contributed by atoms with Crippen LogP contribution >= 0.6 is 15.9 Å². The lowest BCUT2D eigenvalue weighted by atomic mass is 10.1. The quantitative estimate of drug-likeness (QED) is 0.898. The van der Waals surface area contributed by atoms with Crippen molar-refractivity contribution in [1.29, 1.82) is 0 Å². The number of amides is 1. The Balaban J connectivity index is 1.84. The Morgan fingerprint density at radius 3 is 2.88 bits per heavy atom. The van der Waals surface area contributed by atoms with Crippen molar-refractivity contribution in [2.45, 2.75) is 31.8 Å². The van der Waals surface area contributed by atoms with E-state index in [0.29, 0.717) is 12.5 Å². The Bertz CT molecular complexity index is 378. The Kier molecular flexibility index (Phi) is 4.57. The number of hydrogen-bond donors (Lipinski definition) is 2. The highest BCUT2D eigenvalue weighted by molar-refractivity contribution is 9.10. The minimum absolute atomic E-state index is 0.163. The molecular formula is C13H17BrN2O. The van der Waals surface area contributed by atoms with E-state index in [1.165, 1.54) is 5.56 Å². The van der Waals surface area contributed by atoms with Gasteiger partial charge in [0.05, 0.1) is 0 Å². The second-order valence-electron chi connectivity index (χ2n) is 4.40. The van der Waals surface area contributed by atoms with Gasteiger partial charge in [0.2, 0.25) is 5.91 Å². The van der Waals surface area contributed by atoms with Crippen molar-refractivity contribution < 1.29 is 4.79 Å². The van der Waals surface area contributed by atoms with Gasteiger partial charge in [-0.3, -0.25) is 4.79 Å². The average Bonchev–Trinajstić information content (AvgIpc) is 2.53. The Hall–Kier alpha value is -0.870. The normalized spacial score (nSPS) is 20.8. The summed E-state index contributed by atoms with van der Waals surface area (Å²) in [5.41, 5.74) is 1.25. The molecule has 0 bridgehead atoms. The van der Waals surface area contributed by atoms with Crippen molar-refractivity contribution >= 4 is 21.8 Å². The van der Waals surface area contributed by atoms with Crippen LogP contribution < -0.4 is 10.6 Å². The molecule has 92 valence electrons. The van der Waals surface area contributed by atoms with Crippen molar-refractivity contribution in [2.24, 2.45) is 0 Å². The van der Waals surface area contributed by atoms with Gasteiger partial charge >= 0.3 is 0 Å². The molecule has 0 spiro atoms. The summed E-state index contributed by atoms with van der Waals surface area (Å²) >= 11 is 3.42. The van der Waals surface area contributed by atoms with E-state index in [2.05, 4.69) is 38.7 Å². The predicted octanol–water partition coefficient (Wildman–Crippen LogP) is 2.21. The fourth-order valence-electron chi connectivity index (χ4n) is 2.01. The zero-order chi connectivity index (χ0) is 12.1. The molecule has 1 saturated heterocycles. The zero-order valence-corrected chi connectivity index (χ0v) is 11.3. The van der Waals surface area contributed by atoms with Gasteiger partial charge in [-0.25, -0.2) is 0 Å². The minimum atomic E-state index is 0.163. The zero-order valence-electron chi connectivity index (χ0n) is 9.71.